The standard InChI is InChI=1S/C19H22N2O2/c1-14(23)21-10-2-3-18(12-21)19-9-8-17(11-20-19)16-6-4-15(13-22)5-7-16/h4-9,11,18,22H,2-3,10,12-13H2,1H3/t18-/m0/s1. The number of amides is 1. The number of aliphatic hydroxyl groups is 1. The largest absolute Gasteiger partial charge is 0.392 e. The van der Waals surface area contributed by atoms with Crippen molar-refractivity contribution in [3.8, 4) is 11.1 Å². The van der Waals surface area contributed by atoms with Crippen LogP contribution in [0, 0.1) is 0 Å². The quantitative estimate of drug-likeness (QED) is 0.948. The predicted octanol–water partition coefficient (Wildman–Crippen LogP) is 2.97. The highest BCUT2D eigenvalue weighted by Crippen LogP contribution is 2.27. The van der Waals surface area contributed by atoms with E-state index >= 15 is 0 Å². The van der Waals surface area contributed by atoms with Gasteiger partial charge in [0.2, 0.25) is 5.91 Å². The Morgan fingerprint density at radius 1 is 1.22 bits per heavy atom. The Labute approximate surface area is 136 Å². The lowest BCUT2D eigenvalue weighted by atomic mass is 9.93. The lowest BCUT2D eigenvalue weighted by molar-refractivity contribution is -0.130. The lowest BCUT2D eigenvalue weighted by Crippen LogP contribution is -2.37. The Morgan fingerprint density at radius 3 is 2.57 bits per heavy atom. The average molecular weight is 310 g/mol. The minimum absolute atomic E-state index is 0.0613. The van der Waals surface area contributed by atoms with E-state index in [0.717, 1.165) is 48.3 Å². The van der Waals surface area contributed by atoms with Crippen molar-refractivity contribution in [3.05, 3.63) is 53.9 Å². The zero-order chi connectivity index (χ0) is 16.2. The Hall–Kier alpha value is -2.20. The van der Waals surface area contributed by atoms with Gasteiger partial charge in [-0.1, -0.05) is 30.3 Å². The van der Waals surface area contributed by atoms with Gasteiger partial charge in [-0.05, 0) is 30.0 Å². The van der Waals surface area contributed by atoms with Crippen LogP contribution in [0.15, 0.2) is 42.6 Å². The number of hydrogen-bond donors (Lipinski definition) is 1. The van der Waals surface area contributed by atoms with Crippen LogP contribution in [0.5, 0.6) is 0 Å². The minimum atomic E-state index is 0.0613. The first kappa shape index (κ1) is 15.7. The van der Waals surface area contributed by atoms with Crippen molar-refractivity contribution in [1.82, 2.24) is 9.88 Å². The molecule has 120 valence electrons. The molecule has 1 amide bonds. The highest BCUT2D eigenvalue weighted by atomic mass is 16.3. The zero-order valence-electron chi connectivity index (χ0n) is 13.4. The molecule has 1 aliphatic heterocycles. The summed E-state index contributed by atoms with van der Waals surface area (Å²) in [6.45, 7) is 3.33. The number of nitrogens with zero attached hydrogens (tertiary/aromatic N) is 2. The molecule has 0 aliphatic carbocycles. The predicted molar refractivity (Wildman–Crippen MR) is 89.8 cm³/mol. The number of carbonyl (C=O) groups is 1. The number of benzene rings is 1. The van der Waals surface area contributed by atoms with Crippen LogP contribution in [0.2, 0.25) is 0 Å². The minimum Gasteiger partial charge on any atom is -0.392 e. The molecule has 0 spiro atoms. The summed E-state index contributed by atoms with van der Waals surface area (Å²) in [5.41, 5.74) is 4.13. The summed E-state index contributed by atoms with van der Waals surface area (Å²) in [6, 6.07) is 12.0. The number of rotatable bonds is 3. The molecule has 1 aromatic heterocycles. The van der Waals surface area contributed by atoms with Gasteiger partial charge in [0.15, 0.2) is 0 Å². The van der Waals surface area contributed by atoms with Crippen molar-refractivity contribution in [2.75, 3.05) is 13.1 Å². The molecule has 4 heteroatoms. The molecule has 1 atom stereocenters. The SMILES string of the molecule is CC(=O)N1CCC[C@H](c2ccc(-c3ccc(CO)cc3)cn2)C1. The molecule has 0 saturated carbocycles. The highest BCUT2D eigenvalue weighted by molar-refractivity contribution is 5.73. The van der Waals surface area contributed by atoms with Crippen LogP contribution in [0.3, 0.4) is 0 Å². The van der Waals surface area contributed by atoms with Gasteiger partial charge >= 0.3 is 0 Å². The third-order valence-corrected chi connectivity index (χ3v) is 4.54. The third kappa shape index (κ3) is 3.59. The van der Waals surface area contributed by atoms with Gasteiger partial charge in [0.05, 0.1) is 6.61 Å². The van der Waals surface area contributed by atoms with E-state index in [1.165, 1.54) is 0 Å². The topological polar surface area (TPSA) is 53.4 Å². The smallest absolute Gasteiger partial charge is 0.219 e. The molecule has 1 aromatic carbocycles. The summed E-state index contributed by atoms with van der Waals surface area (Å²) in [5.74, 6) is 0.480. The van der Waals surface area contributed by atoms with Crippen LogP contribution >= 0.6 is 0 Å². The van der Waals surface area contributed by atoms with Crippen molar-refractivity contribution in [2.45, 2.75) is 32.3 Å². The zero-order valence-corrected chi connectivity index (χ0v) is 13.4. The van der Waals surface area contributed by atoms with E-state index in [4.69, 9.17) is 5.11 Å². The number of pyridine rings is 1. The summed E-state index contributed by atoms with van der Waals surface area (Å²) in [6.07, 6.45) is 4.02. The van der Waals surface area contributed by atoms with Crippen LogP contribution in [0.1, 0.15) is 36.9 Å². The first-order valence-electron chi connectivity index (χ1n) is 8.09. The van der Waals surface area contributed by atoms with Crippen molar-refractivity contribution < 1.29 is 9.90 Å². The molecule has 0 bridgehead atoms. The number of aromatic nitrogens is 1. The summed E-state index contributed by atoms with van der Waals surface area (Å²) >= 11 is 0. The van der Waals surface area contributed by atoms with Crippen molar-refractivity contribution in [2.24, 2.45) is 0 Å². The second-order valence-electron chi connectivity index (χ2n) is 6.13. The van der Waals surface area contributed by atoms with Crippen LogP contribution in [0.4, 0.5) is 0 Å². The van der Waals surface area contributed by atoms with Crippen molar-refractivity contribution >= 4 is 5.91 Å². The van der Waals surface area contributed by atoms with Crippen LogP contribution in [-0.2, 0) is 11.4 Å². The second-order valence-corrected chi connectivity index (χ2v) is 6.13. The molecule has 2 heterocycles. The number of aliphatic hydroxyl groups excluding tert-OH is 1. The van der Waals surface area contributed by atoms with Crippen molar-refractivity contribution in [1.29, 1.82) is 0 Å². The van der Waals surface area contributed by atoms with E-state index in [1.54, 1.807) is 6.92 Å². The molecule has 1 fully saturated rings. The number of carbonyl (C=O) groups excluding carboxylic acids is 1. The van der Waals surface area contributed by atoms with Gasteiger partial charge < -0.3 is 10.0 Å². The molecule has 4 nitrogen and oxygen atoms in total. The van der Waals surface area contributed by atoms with E-state index < -0.39 is 0 Å². The molecular formula is C19H22N2O2. The summed E-state index contributed by atoms with van der Waals surface area (Å²) < 4.78 is 0. The van der Waals surface area contributed by atoms with Gasteiger partial charge in [0, 0.05) is 43.4 Å². The monoisotopic (exact) mass is 310 g/mol. The normalized spacial score (nSPS) is 18.0. The third-order valence-electron chi connectivity index (χ3n) is 4.54. The van der Waals surface area contributed by atoms with Crippen LogP contribution < -0.4 is 0 Å². The van der Waals surface area contributed by atoms with E-state index in [1.807, 2.05) is 35.4 Å². The van der Waals surface area contributed by atoms with E-state index in [9.17, 15) is 4.79 Å². The maximum Gasteiger partial charge on any atom is 0.219 e. The number of piperidine rings is 1. The molecule has 23 heavy (non-hydrogen) atoms. The number of hydrogen-bond acceptors (Lipinski definition) is 3. The second kappa shape index (κ2) is 6.92. The van der Waals surface area contributed by atoms with Gasteiger partial charge in [0.1, 0.15) is 0 Å². The van der Waals surface area contributed by atoms with E-state index in [2.05, 4.69) is 17.1 Å². The average Bonchev–Trinajstić information content (AvgIpc) is 2.62. The fourth-order valence-electron chi connectivity index (χ4n) is 3.12. The highest BCUT2D eigenvalue weighted by Gasteiger charge is 2.23. The first-order chi connectivity index (χ1) is 11.2. The summed E-state index contributed by atoms with van der Waals surface area (Å²) in [7, 11) is 0. The Morgan fingerprint density at radius 2 is 1.96 bits per heavy atom. The fourth-order valence-corrected chi connectivity index (χ4v) is 3.12. The Balaban J connectivity index is 1.74. The molecular weight excluding hydrogens is 288 g/mol. The molecule has 1 N–H and O–H groups in total. The van der Waals surface area contributed by atoms with Gasteiger partial charge in [-0.2, -0.15) is 0 Å². The molecule has 1 saturated heterocycles. The molecule has 1 aliphatic rings. The fraction of sp³-hybridized carbons (Fsp3) is 0.368. The van der Waals surface area contributed by atoms with Crippen LogP contribution in [0.25, 0.3) is 11.1 Å². The van der Waals surface area contributed by atoms with Gasteiger partial charge in [0.25, 0.3) is 0 Å². The van der Waals surface area contributed by atoms with Crippen LogP contribution in [-0.4, -0.2) is 34.0 Å². The van der Waals surface area contributed by atoms with Gasteiger partial charge in [-0.25, -0.2) is 0 Å². The summed E-state index contributed by atoms with van der Waals surface area (Å²) in [5, 5.41) is 9.10. The van der Waals surface area contributed by atoms with Crippen molar-refractivity contribution in [3.63, 3.8) is 0 Å². The Bertz CT molecular complexity index is 665. The maximum atomic E-state index is 11.6. The Kier molecular flexibility index (Phi) is 4.72. The lowest BCUT2D eigenvalue weighted by Gasteiger charge is -2.31. The maximum absolute atomic E-state index is 11.6. The first-order valence-corrected chi connectivity index (χ1v) is 8.09. The number of likely N-dealkylation sites (tertiary alicyclic amines) is 1. The van der Waals surface area contributed by atoms with E-state index in [0.29, 0.717) is 5.92 Å². The van der Waals surface area contributed by atoms with E-state index in [-0.39, 0.29) is 12.5 Å². The van der Waals surface area contributed by atoms with Gasteiger partial charge in [-0.15, -0.1) is 0 Å². The summed E-state index contributed by atoms with van der Waals surface area (Å²) in [4.78, 5) is 18.1. The molecule has 0 unspecified atom stereocenters. The molecule has 0 radical (unpaired) electrons. The molecule has 3 rings (SSSR count). The molecule has 2 aromatic rings. The van der Waals surface area contributed by atoms with Gasteiger partial charge in [-0.3, -0.25) is 9.78 Å².